The van der Waals surface area contributed by atoms with Crippen molar-refractivity contribution in [2.45, 2.75) is 58.9 Å². The minimum atomic E-state index is 0.437. The van der Waals surface area contributed by atoms with Crippen LogP contribution in [0.1, 0.15) is 66.7 Å². The van der Waals surface area contributed by atoms with Crippen molar-refractivity contribution >= 4 is 10.9 Å². The Hall–Kier alpha value is -2.99. The van der Waals surface area contributed by atoms with E-state index >= 15 is 0 Å². The lowest BCUT2D eigenvalue weighted by atomic mass is 9.87. The number of hydrogen-bond acceptors (Lipinski definition) is 4. The van der Waals surface area contributed by atoms with Crippen molar-refractivity contribution in [1.29, 1.82) is 0 Å². The normalized spacial score (nSPS) is 15.7. The zero-order valence-corrected chi connectivity index (χ0v) is 20.4. The minimum Gasteiger partial charge on any atom is -0.354 e. The largest absolute Gasteiger partial charge is 0.354 e. The fourth-order valence-corrected chi connectivity index (χ4v) is 5.41. The number of nitrogens with zero attached hydrogens (tertiary/aromatic N) is 5. The number of hydrogen-bond donors (Lipinski definition) is 1. The average Bonchev–Trinajstić information content (AvgIpc) is 3.36. The van der Waals surface area contributed by atoms with Gasteiger partial charge in [0.2, 0.25) is 0 Å². The van der Waals surface area contributed by atoms with Crippen LogP contribution in [0.2, 0.25) is 0 Å². The third-order valence-electron chi connectivity index (χ3n) is 6.91. The zero-order valence-electron chi connectivity index (χ0n) is 20.4. The molecule has 1 aromatic carbocycles. The van der Waals surface area contributed by atoms with E-state index in [1.165, 1.54) is 46.1 Å². The summed E-state index contributed by atoms with van der Waals surface area (Å²) >= 11 is 0. The summed E-state index contributed by atoms with van der Waals surface area (Å²) in [6, 6.07) is 11.5. The summed E-state index contributed by atoms with van der Waals surface area (Å²) in [5, 5.41) is 9.68. The van der Waals surface area contributed by atoms with Gasteiger partial charge >= 0.3 is 0 Å². The molecule has 0 amide bonds. The van der Waals surface area contributed by atoms with Gasteiger partial charge in [0.15, 0.2) is 0 Å². The quantitative estimate of drug-likeness (QED) is 0.445. The number of aromatic nitrogens is 5. The predicted octanol–water partition coefficient (Wildman–Crippen LogP) is 5.48. The molecule has 0 radical (unpaired) electrons. The predicted molar refractivity (Wildman–Crippen MR) is 133 cm³/mol. The van der Waals surface area contributed by atoms with Crippen LogP contribution in [0.5, 0.6) is 0 Å². The maximum atomic E-state index is 4.57. The summed E-state index contributed by atoms with van der Waals surface area (Å²) in [5.74, 6) is 1.04. The lowest BCUT2D eigenvalue weighted by Gasteiger charge is -2.31. The van der Waals surface area contributed by atoms with Crippen LogP contribution in [-0.4, -0.2) is 43.0 Å². The number of benzene rings is 1. The summed E-state index contributed by atoms with van der Waals surface area (Å²) in [4.78, 5) is 10.8. The second-order valence-corrected chi connectivity index (χ2v) is 9.95. The third-order valence-corrected chi connectivity index (χ3v) is 6.91. The molecule has 5 rings (SSSR count). The molecule has 1 aliphatic rings. The first-order chi connectivity index (χ1) is 15.9. The Bertz CT molecular complexity index is 1250. The van der Waals surface area contributed by atoms with E-state index in [-0.39, 0.29) is 0 Å². The number of H-pyrrole nitrogens is 1. The summed E-state index contributed by atoms with van der Waals surface area (Å²) in [6.45, 7) is 11.8. The topological polar surface area (TPSA) is 62.6 Å². The highest BCUT2D eigenvalue weighted by atomic mass is 15.4. The van der Waals surface area contributed by atoms with Crippen LogP contribution in [0.3, 0.4) is 0 Å². The molecule has 1 aliphatic heterocycles. The van der Waals surface area contributed by atoms with Crippen molar-refractivity contribution in [2.24, 2.45) is 7.05 Å². The van der Waals surface area contributed by atoms with E-state index in [1.54, 1.807) is 4.68 Å². The van der Waals surface area contributed by atoms with E-state index < -0.39 is 0 Å². The highest BCUT2D eigenvalue weighted by Gasteiger charge is 2.23. The average molecular weight is 443 g/mol. The molecule has 0 bridgehead atoms. The lowest BCUT2D eigenvalue weighted by Crippen LogP contribution is -2.32. The van der Waals surface area contributed by atoms with Gasteiger partial charge in [0.1, 0.15) is 0 Å². The van der Waals surface area contributed by atoms with Crippen LogP contribution in [0.4, 0.5) is 0 Å². The Morgan fingerprint density at radius 1 is 1.06 bits per heavy atom. The molecule has 1 saturated heterocycles. The first-order valence-electron chi connectivity index (χ1n) is 12.1. The minimum absolute atomic E-state index is 0.437. The molecule has 4 heterocycles. The number of likely N-dealkylation sites (tertiary alicyclic amines) is 1. The molecule has 4 aromatic rings. The number of pyridine rings is 1. The van der Waals surface area contributed by atoms with Gasteiger partial charge in [-0.05, 0) is 87.0 Å². The van der Waals surface area contributed by atoms with Gasteiger partial charge in [0.05, 0.1) is 11.4 Å². The van der Waals surface area contributed by atoms with Crippen LogP contribution >= 0.6 is 0 Å². The molecular formula is C27H34N6. The number of aryl methyl sites for hydroxylation is 3. The second-order valence-electron chi connectivity index (χ2n) is 9.95. The number of fused-ring (bicyclic) bond motifs is 1. The SMILES string of the molecule is Cc1cc(-c2[nH]c3ccc(C4CCN(Cc5cn(C)nn5)CC4)cc3c2C(C)C)cc(C)n1. The van der Waals surface area contributed by atoms with Crippen LogP contribution in [0, 0.1) is 13.8 Å². The maximum Gasteiger partial charge on any atom is 0.0966 e. The van der Waals surface area contributed by atoms with Crippen LogP contribution in [-0.2, 0) is 13.6 Å². The Morgan fingerprint density at radius 3 is 2.42 bits per heavy atom. The van der Waals surface area contributed by atoms with Gasteiger partial charge in [0, 0.05) is 47.6 Å². The van der Waals surface area contributed by atoms with Crippen LogP contribution < -0.4 is 0 Å². The lowest BCUT2D eigenvalue weighted by molar-refractivity contribution is 0.202. The molecule has 1 fully saturated rings. The highest BCUT2D eigenvalue weighted by molar-refractivity contribution is 5.92. The standard InChI is InChI=1S/C27H34N6/c1-17(2)26-24-14-21(20-8-10-33(11-9-20)16-23-15-32(5)31-30-23)6-7-25(24)29-27(26)22-12-18(3)28-19(4)13-22/h6-7,12-15,17,20,29H,8-11,16H2,1-5H3. The molecule has 6 nitrogen and oxygen atoms in total. The maximum absolute atomic E-state index is 4.57. The number of piperidine rings is 1. The molecular weight excluding hydrogens is 408 g/mol. The van der Waals surface area contributed by atoms with Crippen molar-refractivity contribution < 1.29 is 0 Å². The molecule has 6 heteroatoms. The van der Waals surface area contributed by atoms with E-state index in [0.717, 1.165) is 36.7 Å². The van der Waals surface area contributed by atoms with Crippen molar-refractivity contribution in [2.75, 3.05) is 13.1 Å². The Kier molecular flexibility index (Phi) is 5.79. The monoisotopic (exact) mass is 442 g/mol. The van der Waals surface area contributed by atoms with Gasteiger partial charge < -0.3 is 4.98 Å². The van der Waals surface area contributed by atoms with Gasteiger partial charge in [-0.25, -0.2) is 0 Å². The van der Waals surface area contributed by atoms with E-state index in [9.17, 15) is 0 Å². The first kappa shape index (κ1) is 21.8. The zero-order chi connectivity index (χ0) is 23.1. The van der Waals surface area contributed by atoms with E-state index in [2.05, 4.69) is 83.2 Å². The molecule has 0 unspecified atom stereocenters. The molecule has 33 heavy (non-hydrogen) atoms. The summed E-state index contributed by atoms with van der Waals surface area (Å²) in [5.41, 5.74) is 9.76. The van der Waals surface area contributed by atoms with Gasteiger partial charge in [-0.2, -0.15) is 0 Å². The summed E-state index contributed by atoms with van der Waals surface area (Å²) in [7, 11) is 1.92. The Balaban J connectivity index is 1.41. The second kappa shape index (κ2) is 8.75. The summed E-state index contributed by atoms with van der Waals surface area (Å²) < 4.78 is 1.78. The summed E-state index contributed by atoms with van der Waals surface area (Å²) in [6.07, 6.45) is 4.38. The molecule has 172 valence electrons. The van der Waals surface area contributed by atoms with Crippen molar-refractivity contribution in [3.05, 3.63) is 64.7 Å². The molecule has 1 N–H and O–H groups in total. The number of aromatic amines is 1. The molecule has 3 aromatic heterocycles. The fraction of sp³-hybridized carbons (Fsp3) is 0.444. The van der Waals surface area contributed by atoms with Crippen molar-refractivity contribution in [3.63, 3.8) is 0 Å². The van der Waals surface area contributed by atoms with E-state index in [4.69, 9.17) is 0 Å². The van der Waals surface area contributed by atoms with E-state index in [0.29, 0.717) is 11.8 Å². The van der Waals surface area contributed by atoms with Gasteiger partial charge in [-0.1, -0.05) is 25.1 Å². The molecule has 0 atom stereocenters. The molecule has 0 aliphatic carbocycles. The Labute approximate surface area is 196 Å². The van der Waals surface area contributed by atoms with Gasteiger partial charge in [-0.15, -0.1) is 5.10 Å². The Morgan fingerprint density at radius 2 is 1.79 bits per heavy atom. The smallest absolute Gasteiger partial charge is 0.0966 e. The van der Waals surface area contributed by atoms with Crippen molar-refractivity contribution in [1.82, 2.24) is 29.9 Å². The van der Waals surface area contributed by atoms with Gasteiger partial charge in [-0.3, -0.25) is 14.6 Å². The van der Waals surface area contributed by atoms with Crippen LogP contribution in [0.25, 0.3) is 22.2 Å². The van der Waals surface area contributed by atoms with E-state index in [1.807, 2.05) is 13.2 Å². The number of nitrogens with one attached hydrogen (secondary N) is 1. The van der Waals surface area contributed by atoms with Crippen LogP contribution in [0.15, 0.2) is 36.5 Å². The number of rotatable bonds is 5. The third kappa shape index (κ3) is 4.44. The van der Waals surface area contributed by atoms with Crippen molar-refractivity contribution in [3.8, 4) is 11.3 Å². The fourth-order valence-electron chi connectivity index (χ4n) is 5.41. The highest BCUT2D eigenvalue weighted by Crippen LogP contribution is 2.38. The van der Waals surface area contributed by atoms with Gasteiger partial charge in [0.25, 0.3) is 0 Å². The molecule has 0 saturated carbocycles. The molecule has 0 spiro atoms. The first-order valence-corrected chi connectivity index (χ1v) is 12.1.